The van der Waals surface area contributed by atoms with E-state index < -0.39 is 5.97 Å². The van der Waals surface area contributed by atoms with Crippen molar-refractivity contribution in [3.8, 4) is 26.6 Å². The Labute approximate surface area is 160 Å². The molecule has 0 amide bonds. The molecular weight excluding hydrogens is 413 g/mol. The second kappa shape index (κ2) is 6.82. The number of benzene rings is 1. The predicted molar refractivity (Wildman–Crippen MR) is 102 cm³/mol. The van der Waals surface area contributed by atoms with Crippen LogP contribution in [-0.2, 0) is 13.0 Å². The second-order valence-corrected chi connectivity index (χ2v) is 9.33. The summed E-state index contributed by atoms with van der Waals surface area (Å²) in [4.78, 5) is 18.2. The van der Waals surface area contributed by atoms with E-state index in [1.54, 1.807) is 18.3 Å². The predicted octanol–water partition coefficient (Wildman–Crippen LogP) is 3.06. The van der Waals surface area contributed by atoms with Gasteiger partial charge in [-0.25, -0.2) is 0 Å². The van der Waals surface area contributed by atoms with Gasteiger partial charge in [0, 0.05) is 0 Å². The first-order valence-corrected chi connectivity index (χ1v) is 10.7. The van der Waals surface area contributed by atoms with Gasteiger partial charge >= 0.3 is 161 Å². The molecule has 1 aliphatic rings. The van der Waals surface area contributed by atoms with Gasteiger partial charge in [0.2, 0.25) is 0 Å². The van der Waals surface area contributed by atoms with E-state index in [2.05, 4.69) is 22.4 Å². The van der Waals surface area contributed by atoms with Gasteiger partial charge in [-0.2, -0.15) is 0 Å². The molecule has 3 heterocycles. The third-order valence-electron chi connectivity index (χ3n) is 4.38. The number of hydrogen-bond acceptors (Lipinski definition) is 5. The summed E-state index contributed by atoms with van der Waals surface area (Å²) in [6.45, 7) is 3.60. The van der Waals surface area contributed by atoms with Crippen molar-refractivity contribution in [2.45, 2.75) is 19.9 Å². The van der Waals surface area contributed by atoms with Gasteiger partial charge in [-0.05, 0) is 0 Å². The van der Waals surface area contributed by atoms with Gasteiger partial charge in [0.15, 0.2) is 0 Å². The zero-order valence-electron chi connectivity index (χ0n) is 14.0. The van der Waals surface area contributed by atoms with Crippen molar-refractivity contribution in [3.05, 3.63) is 50.4 Å². The molecule has 0 spiro atoms. The van der Waals surface area contributed by atoms with Gasteiger partial charge in [0.05, 0.1) is 0 Å². The molecule has 26 heavy (non-hydrogen) atoms. The number of nitriles is 1. The number of fused-ring (bicyclic) bond motifs is 1. The molecule has 0 fully saturated rings. The first-order valence-electron chi connectivity index (χ1n) is 8.14. The van der Waals surface area contributed by atoms with Crippen molar-refractivity contribution >= 4 is 31.8 Å². The molecule has 0 bridgehead atoms. The summed E-state index contributed by atoms with van der Waals surface area (Å²) in [6, 6.07) is 10.2. The van der Waals surface area contributed by atoms with Crippen molar-refractivity contribution < 1.29 is 9.90 Å². The zero-order valence-corrected chi connectivity index (χ0v) is 16.5. The Kier molecular flexibility index (Phi) is 4.51. The van der Waals surface area contributed by atoms with Gasteiger partial charge in [-0.1, -0.05) is 0 Å². The molecule has 2 N–H and O–H groups in total. The Morgan fingerprint density at radius 2 is 2.27 bits per heavy atom. The second-order valence-electron chi connectivity index (χ2n) is 6.10. The van der Waals surface area contributed by atoms with E-state index in [1.807, 2.05) is 18.2 Å². The van der Waals surface area contributed by atoms with Crippen LogP contribution in [0, 0.1) is 18.3 Å². The van der Waals surface area contributed by atoms with E-state index in [9.17, 15) is 15.2 Å². The molecule has 0 saturated carbocycles. The molecule has 0 saturated heterocycles. The topological polar surface area (TPSA) is 86.0 Å². The molecule has 130 valence electrons. The summed E-state index contributed by atoms with van der Waals surface area (Å²) in [5, 5.41) is 22.3. The molecule has 1 aliphatic heterocycles. The van der Waals surface area contributed by atoms with Crippen LogP contribution >= 0.6 is 11.3 Å². The first-order chi connectivity index (χ1) is 12.6. The van der Waals surface area contributed by atoms with Crippen LogP contribution in [0.4, 0.5) is 0 Å². The average Bonchev–Trinajstić information content (AvgIpc) is 3.24. The van der Waals surface area contributed by atoms with Gasteiger partial charge in [-0.15, -0.1) is 0 Å². The number of hydrogen-bond donors (Lipinski definition) is 2. The molecule has 0 aliphatic carbocycles. The van der Waals surface area contributed by atoms with Crippen molar-refractivity contribution in [1.82, 2.24) is 10.3 Å². The summed E-state index contributed by atoms with van der Waals surface area (Å²) in [5.41, 5.74) is 4.26. The number of nitrogens with zero attached hydrogens (tertiary/aromatic N) is 2. The number of aromatic carboxylic acids is 1. The monoisotopic (exact) mass is 429 g/mol. The van der Waals surface area contributed by atoms with Crippen LogP contribution in [0.25, 0.3) is 20.6 Å². The number of carboxylic acid groups (broad SMARTS) is 1. The van der Waals surface area contributed by atoms with Crippen molar-refractivity contribution in [2.75, 3.05) is 6.54 Å². The van der Waals surface area contributed by atoms with Crippen LogP contribution < -0.4 is 5.32 Å². The van der Waals surface area contributed by atoms with Crippen LogP contribution in [-0.4, -0.2) is 37.1 Å². The number of thiophene rings is 1. The molecule has 2 aromatic heterocycles. The minimum atomic E-state index is -0.906. The normalized spacial score (nSPS) is 13.2. The van der Waals surface area contributed by atoms with Gasteiger partial charge in [-0.3, -0.25) is 0 Å². The average molecular weight is 428 g/mol. The van der Waals surface area contributed by atoms with E-state index in [4.69, 9.17) is 0 Å². The number of carboxylic acids is 1. The Hall–Kier alpha value is -2.23. The number of nitrogens with one attached hydrogen (secondary N) is 1. The summed E-state index contributed by atoms with van der Waals surface area (Å²) in [7, 11) is 0. The van der Waals surface area contributed by atoms with E-state index in [0.717, 1.165) is 40.1 Å². The standard InChI is InChI=1S/C19H15N3O2SSe/c1-10-17(19(23)24)26-18(22-10)11-2-3-14(12(6-11)8-20)16-7-13-9-21-5-4-15(13)25-16/h2-3,6-7,21H,4-5,9H2,1H3,(H,23,24). The van der Waals surface area contributed by atoms with Crippen LogP contribution in [0.2, 0.25) is 0 Å². The quantitative estimate of drug-likeness (QED) is 0.627. The molecule has 4 rings (SSSR count). The Balaban J connectivity index is 1.75. The van der Waals surface area contributed by atoms with Crippen LogP contribution in [0.15, 0.2) is 24.3 Å². The van der Waals surface area contributed by atoms with Gasteiger partial charge in [0.25, 0.3) is 0 Å². The molecule has 0 radical (unpaired) electrons. The molecule has 5 nitrogen and oxygen atoms in total. The van der Waals surface area contributed by atoms with E-state index in [1.165, 1.54) is 10.4 Å². The van der Waals surface area contributed by atoms with Crippen LogP contribution in [0.3, 0.4) is 0 Å². The van der Waals surface area contributed by atoms with Crippen molar-refractivity contribution in [3.63, 3.8) is 0 Å². The number of aromatic nitrogens is 1. The van der Waals surface area contributed by atoms with E-state index in [-0.39, 0.29) is 14.5 Å². The SMILES string of the molecule is Cc1nc(-c2ccc(-c3cc4c(s3)CCNC4)c(C#N)c2)[se]c1C(=O)O. The third kappa shape index (κ3) is 3.02. The summed E-state index contributed by atoms with van der Waals surface area (Å²) < 4.78 is 1.15. The number of rotatable bonds is 3. The molecule has 7 heteroatoms. The molecular formula is C19H15N3O2SSe. The summed E-state index contributed by atoms with van der Waals surface area (Å²) in [5.74, 6) is -0.906. The maximum absolute atomic E-state index is 11.3. The van der Waals surface area contributed by atoms with Crippen LogP contribution in [0.5, 0.6) is 0 Å². The zero-order chi connectivity index (χ0) is 18.3. The minimum absolute atomic E-state index is 0.335. The molecule has 3 aromatic rings. The van der Waals surface area contributed by atoms with Crippen molar-refractivity contribution in [2.24, 2.45) is 0 Å². The Morgan fingerprint density at radius 1 is 1.42 bits per heavy atom. The Morgan fingerprint density at radius 3 is 2.96 bits per heavy atom. The number of aryl methyl sites for hydroxylation is 1. The molecule has 0 unspecified atom stereocenters. The first kappa shape index (κ1) is 17.2. The maximum atomic E-state index is 11.3. The molecule has 0 atom stereocenters. The van der Waals surface area contributed by atoms with E-state index in [0.29, 0.717) is 15.7 Å². The van der Waals surface area contributed by atoms with Gasteiger partial charge in [0.1, 0.15) is 0 Å². The fraction of sp³-hybridized carbons (Fsp3) is 0.211. The molecule has 1 aromatic carbocycles. The summed E-state index contributed by atoms with van der Waals surface area (Å²) >= 11 is 1.42. The van der Waals surface area contributed by atoms with Crippen molar-refractivity contribution in [1.29, 1.82) is 5.26 Å². The third-order valence-corrected chi connectivity index (χ3v) is 8.16. The fourth-order valence-corrected chi connectivity index (χ4v) is 6.20. The van der Waals surface area contributed by atoms with Crippen LogP contribution in [0.1, 0.15) is 30.9 Å². The van der Waals surface area contributed by atoms with E-state index >= 15 is 0 Å². The number of carbonyl (C=O) groups is 1. The Bertz CT molecular complexity index is 1040. The van der Waals surface area contributed by atoms with Gasteiger partial charge < -0.3 is 0 Å². The summed E-state index contributed by atoms with van der Waals surface area (Å²) in [6.07, 6.45) is 1.03. The fourth-order valence-electron chi connectivity index (χ4n) is 3.09.